The van der Waals surface area contributed by atoms with Gasteiger partial charge in [0.1, 0.15) is 0 Å². The van der Waals surface area contributed by atoms with Crippen molar-refractivity contribution in [3.8, 4) is 0 Å². The summed E-state index contributed by atoms with van der Waals surface area (Å²) in [5, 5.41) is 0.229. The van der Waals surface area contributed by atoms with E-state index in [1.165, 1.54) is 38.5 Å². The Morgan fingerprint density at radius 1 is 1.38 bits per heavy atom. The topological polar surface area (TPSA) is 12.5 Å². The van der Waals surface area contributed by atoms with Gasteiger partial charge in [-0.2, -0.15) is 0 Å². The molecule has 1 saturated heterocycles. The minimum Gasteiger partial charge on any atom is -0.370 e. The standard InChI is InChI=1S/C13H24ClNO/c1-11(14)9-15(2)10-12-5-8-13(16-12)6-3-4-7-13/h11-12H,3-10H2,1-2H3. The van der Waals surface area contributed by atoms with Crippen molar-refractivity contribution in [3.63, 3.8) is 0 Å². The fraction of sp³-hybridized carbons (Fsp3) is 1.00. The third kappa shape index (κ3) is 3.12. The predicted molar refractivity (Wildman–Crippen MR) is 68.1 cm³/mol. The summed E-state index contributed by atoms with van der Waals surface area (Å²) in [7, 11) is 2.14. The summed E-state index contributed by atoms with van der Waals surface area (Å²) in [6, 6.07) is 0. The van der Waals surface area contributed by atoms with Gasteiger partial charge in [-0.25, -0.2) is 0 Å². The van der Waals surface area contributed by atoms with E-state index in [4.69, 9.17) is 16.3 Å². The Morgan fingerprint density at radius 2 is 2.06 bits per heavy atom. The molecular formula is C13H24ClNO. The second-order valence-corrected chi connectivity index (χ2v) is 6.42. The normalized spacial score (nSPS) is 30.4. The lowest BCUT2D eigenvalue weighted by atomic mass is 9.98. The first-order valence-corrected chi connectivity index (χ1v) is 7.04. The first-order valence-electron chi connectivity index (χ1n) is 6.60. The van der Waals surface area contributed by atoms with Crippen molar-refractivity contribution in [2.45, 2.75) is 62.5 Å². The van der Waals surface area contributed by atoms with Crippen LogP contribution in [0.25, 0.3) is 0 Å². The van der Waals surface area contributed by atoms with Gasteiger partial charge in [0.2, 0.25) is 0 Å². The predicted octanol–water partition coefficient (Wildman–Crippen LogP) is 3.04. The molecule has 1 aliphatic heterocycles. The van der Waals surface area contributed by atoms with Crippen LogP contribution in [0, 0.1) is 0 Å². The molecule has 94 valence electrons. The molecule has 2 aliphatic rings. The highest BCUT2D eigenvalue weighted by molar-refractivity contribution is 6.20. The first-order chi connectivity index (χ1) is 7.60. The van der Waals surface area contributed by atoms with Crippen LogP contribution in [0.15, 0.2) is 0 Å². The Hall–Kier alpha value is 0.210. The Kier molecular flexibility index (Phi) is 4.15. The van der Waals surface area contributed by atoms with Gasteiger partial charge in [0.15, 0.2) is 0 Å². The molecule has 16 heavy (non-hydrogen) atoms. The summed E-state index contributed by atoms with van der Waals surface area (Å²) in [5.74, 6) is 0. The average Bonchev–Trinajstić information content (AvgIpc) is 2.76. The molecule has 2 unspecified atom stereocenters. The lowest BCUT2D eigenvalue weighted by Crippen LogP contribution is -2.34. The summed E-state index contributed by atoms with van der Waals surface area (Å²) in [4.78, 5) is 2.30. The molecule has 0 bridgehead atoms. The lowest BCUT2D eigenvalue weighted by Gasteiger charge is -2.26. The maximum atomic E-state index is 6.28. The maximum Gasteiger partial charge on any atom is 0.0710 e. The fourth-order valence-electron chi connectivity index (χ4n) is 3.26. The largest absolute Gasteiger partial charge is 0.370 e. The molecule has 3 heteroatoms. The van der Waals surface area contributed by atoms with Gasteiger partial charge in [-0.15, -0.1) is 11.6 Å². The Morgan fingerprint density at radius 3 is 2.69 bits per heavy atom. The Balaban J connectivity index is 1.76. The SMILES string of the molecule is CC(Cl)CN(C)CC1CCC2(CCCC2)O1. The van der Waals surface area contributed by atoms with E-state index in [0.29, 0.717) is 6.10 Å². The number of likely N-dealkylation sites (N-methyl/N-ethyl adjacent to an activating group) is 1. The van der Waals surface area contributed by atoms with Crippen LogP contribution >= 0.6 is 11.6 Å². The van der Waals surface area contributed by atoms with Crippen LogP contribution in [0.3, 0.4) is 0 Å². The van der Waals surface area contributed by atoms with Gasteiger partial charge in [-0.3, -0.25) is 0 Å². The third-order valence-electron chi connectivity index (χ3n) is 3.93. The van der Waals surface area contributed by atoms with Crippen molar-refractivity contribution < 1.29 is 4.74 Å². The van der Waals surface area contributed by atoms with Crippen molar-refractivity contribution in [1.29, 1.82) is 0 Å². The number of rotatable bonds is 4. The molecular weight excluding hydrogens is 222 g/mol. The number of halogens is 1. The zero-order chi connectivity index (χ0) is 11.6. The van der Waals surface area contributed by atoms with Gasteiger partial charge >= 0.3 is 0 Å². The van der Waals surface area contributed by atoms with E-state index in [-0.39, 0.29) is 11.0 Å². The van der Waals surface area contributed by atoms with Gasteiger partial charge in [0.25, 0.3) is 0 Å². The van der Waals surface area contributed by atoms with E-state index in [0.717, 1.165) is 13.1 Å². The van der Waals surface area contributed by atoms with Gasteiger partial charge in [-0.1, -0.05) is 12.8 Å². The summed E-state index contributed by atoms with van der Waals surface area (Å²) in [6.45, 7) is 4.04. The van der Waals surface area contributed by atoms with E-state index >= 15 is 0 Å². The third-order valence-corrected chi connectivity index (χ3v) is 4.07. The second-order valence-electron chi connectivity index (χ2n) is 5.67. The van der Waals surface area contributed by atoms with Crippen molar-refractivity contribution >= 4 is 11.6 Å². The highest BCUT2D eigenvalue weighted by Gasteiger charge is 2.42. The molecule has 0 aromatic carbocycles. The fourth-order valence-corrected chi connectivity index (χ4v) is 3.50. The van der Waals surface area contributed by atoms with Crippen LogP contribution in [0.2, 0.25) is 0 Å². The Labute approximate surface area is 104 Å². The van der Waals surface area contributed by atoms with Crippen molar-refractivity contribution in [3.05, 3.63) is 0 Å². The Bertz CT molecular complexity index is 226. The summed E-state index contributed by atoms with van der Waals surface area (Å²) >= 11 is 6.00. The van der Waals surface area contributed by atoms with E-state index in [1.807, 2.05) is 6.92 Å². The van der Waals surface area contributed by atoms with Gasteiger partial charge < -0.3 is 9.64 Å². The van der Waals surface area contributed by atoms with E-state index in [1.54, 1.807) is 0 Å². The van der Waals surface area contributed by atoms with Crippen LogP contribution in [-0.2, 0) is 4.74 Å². The highest BCUT2D eigenvalue weighted by Crippen LogP contribution is 2.43. The molecule has 0 aromatic rings. The summed E-state index contributed by atoms with van der Waals surface area (Å²) in [5.41, 5.74) is 0.276. The lowest BCUT2D eigenvalue weighted by molar-refractivity contribution is -0.0449. The van der Waals surface area contributed by atoms with Crippen molar-refractivity contribution in [1.82, 2.24) is 4.90 Å². The molecule has 2 nitrogen and oxygen atoms in total. The van der Waals surface area contributed by atoms with Crippen LogP contribution in [0.1, 0.15) is 45.4 Å². The van der Waals surface area contributed by atoms with Crippen molar-refractivity contribution in [2.24, 2.45) is 0 Å². The molecule has 2 rings (SSSR count). The highest BCUT2D eigenvalue weighted by atomic mass is 35.5. The van der Waals surface area contributed by atoms with E-state index < -0.39 is 0 Å². The monoisotopic (exact) mass is 245 g/mol. The molecule has 0 radical (unpaired) electrons. The summed E-state index contributed by atoms with van der Waals surface area (Å²) in [6.07, 6.45) is 8.27. The van der Waals surface area contributed by atoms with Crippen LogP contribution in [0.5, 0.6) is 0 Å². The summed E-state index contributed by atoms with van der Waals surface area (Å²) < 4.78 is 6.28. The number of nitrogens with zero attached hydrogens (tertiary/aromatic N) is 1. The van der Waals surface area contributed by atoms with Gasteiger partial charge in [0, 0.05) is 18.5 Å². The van der Waals surface area contributed by atoms with E-state index in [2.05, 4.69) is 11.9 Å². The zero-order valence-corrected chi connectivity index (χ0v) is 11.3. The molecule has 1 aliphatic carbocycles. The molecule has 0 amide bonds. The molecule has 2 fully saturated rings. The van der Waals surface area contributed by atoms with Crippen LogP contribution in [0.4, 0.5) is 0 Å². The van der Waals surface area contributed by atoms with Gasteiger partial charge in [-0.05, 0) is 39.7 Å². The van der Waals surface area contributed by atoms with Crippen LogP contribution in [-0.4, -0.2) is 42.1 Å². The van der Waals surface area contributed by atoms with E-state index in [9.17, 15) is 0 Å². The number of hydrogen-bond donors (Lipinski definition) is 0. The minimum atomic E-state index is 0.229. The average molecular weight is 246 g/mol. The molecule has 0 aromatic heterocycles. The smallest absolute Gasteiger partial charge is 0.0710 e. The number of ether oxygens (including phenoxy) is 1. The van der Waals surface area contributed by atoms with Crippen molar-refractivity contribution in [2.75, 3.05) is 20.1 Å². The minimum absolute atomic E-state index is 0.229. The molecule has 1 heterocycles. The zero-order valence-electron chi connectivity index (χ0n) is 10.5. The van der Waals surface area contributed by atoms with Gasteiger partial charge in [0.05, 0.1) is 11.7 Å². The number of hydrogen-bond acceptors (Lipinski definition) is 2. The molecule has 0 N–H and O–H groups in total. The molecule has 1 spiro atoms. The molecule has 1 saturated carbocycles. The first kappa shape index (κ1) is 12.7. The quantitative estimate of drug-likeness (QED) is 0.706. The maximum absolute atomic E-state index is 6.28. The number of alkyl halides is 1. The molecule has 2 atom stereocenters. The van der Waals surface area contributed by atoms with Crippen LogP contribution < -0.4 is 0 Å². The second kappa shape index (κ2) is 5.24.